The molecule has 0 saturated carbocycles. The third kappa shape index (κ3) is 3.50. The summed E-state index contributed by atoms with van der Waals surface area (Å²) >= 11 is 0. The van der Waals surface area contributed by atoms with Gasteiger partial charge < -0.3 is 15.0 Å². The number of anilines is 1. The molecule has 1 rings (SSSR count). The van der Waals surface area contributed by atoms with Gasteiger partial charge in [-0.15, -0.1) is 0 Å². The van der Waals surface area contributed by atoms with Crippen LogP contribution in [0.25, 0.3) is 0 Å². The van der Waals surface area contributed by atoms with Crippen molar-refractivity contribution >= 4 is 11.8 Å². The van der Waals surface area contributed by atoms with Crippen LogP contribution in [-0.4, -0.2) is 27.3 Å². The van der Waals surface area contributed by atoms with Crippen molar-refractivity contribution in [1.29, 1.82) is 0 Å². The number of carbonyl (C=O) groups excluding carboxylic acids is 1. The molecular formula is C11H16N2O2. The molecule has 1 N–H and O–H groups in total. The fourth-order valence-corrected chi connectivity index (χ4v) is 1.16. The van der Waals surface area contributed by atoms with E-state index < -0.39 is 6.09 Å². The van der Waals surface area contributed by atoms with Crippen LogP contribution < -0.4 is 10.2 Å². The summed E-state index contributed by atoms with van der Waals surface area (Å²) in [5.74, 6) is 0. The van der Waals surface area contributed by atoms with Gasteiger partial charge in [0.25, 0.3) is 0 Å². The second-order valence-corrected chi connectivity index (χ2v) is 3.41. The van der Waals surface area contributed by atoms with Crippen LogP contribution in [0, 0.1) is 0 Å². The molecule has 0 aliphatic rings. The Morgan fingerprint density at radius 1 is 1.33 bits per heavy atom. The fraction of sp³-hybridized carbons (Fsp3) is 0.364. The molecule has 0 heterocycles. The van der Waals surface area contributed by atoms with Gasteiger partial charge in [0.15, 0.2) is 0 Å². The van der Waals surface area contributed by atoms with Crippen LogP contribution in [-0.2, 0) is 11.3 Å². The second-order valence-electron chi connectivity index (χ2n) is 3.41. The number of amides is 1. The summed E-state index contributed by atoms with van der Waals surface area (Å²) < 4.78 is 4.48. The molecule has 0 radical (unpaired) electrons. The number of alkyl carbamates (subject to hydrolysis) is 1. The second kappa shape index (κ2) is 5.24. The first kappa shape index (κ1) is 11.4. The van der Waals surface area contributed by atoms with Gasteiger partial charge in [0.1, 0.15) is 0 Å². The van der Waals surface area contributed by atoms with E-state index in [0.717, 1.165) is 11.3 Å². The average molecular weight is 208 g/mol. The molecular weight excluding hydrogens is 192 g/mol. The minimum Gasteiger partial charge on any atom is -0.453 e. The molecule has 0 aliphatic heterocycles. The maximum Gasteiger partial charge on any atom is 0.407 e. The first-order chi connectivity index (χ1) is 7.13. The van der Waals surface area contributed by atoms with Gasteiger partial charge in [0.05, 0.1) is 7.11 Å². The molecule has 1 aromatic carbocycles. The van der Waals surface area contributed by atoms with E-state index in [1.165, 1.54) is 7.11 Å². The SMILES string of the molecule is COC(=O)NCc1ccc(N(C)C)cc1. The largest absolute Gasteiger partial charge is 0.453 e. The van der Waals surface area contributed by atoms with Crippen LogP contribution in [0.2, 0.25) is 0 Å². The summed E-state index contributed by atoms with van der Waals surface area (Å²) in [6.07, 6.45) is -0.410. The molecule has 0 aliphatic carbocycles. The summed E-state index contributed by atoms with van der Waals surface area (Å²) in [7, 11) is 5.33. The topological polar surface area (TPSA) is 41.6 Å². The highest BCUT2D eigenvalue weighted by atomic mass is 16.5. The van der Waals surface area contributed by atoms with Crippen LogP contribution >= 0.6 is 0 Å². The van der Waals surface area contributed by atoms with Gasteiger partial charge >= 0.3 is 6.09 Å². The van der Waals surface area contributed by atoms with Crippen molar-refractivity contribution in [3.63, 3.8) is 0 Å². The molecule has 0 atom stereocenters. The van der Waals surface area contributed by atoms with E-state index in [9.17, 15) is 4.79 Å². The third-order valence-corrected chi connectivity index (χ3v) is 2.07. The Morgan fingerprint density at radius 3 is 2.40 bits per heavy atom. The van der Waals surface area contributed by atoms with Gasteiger partial charge in [-0.2, -0.15) is 0 Å². The van der Waals surface area contributed by atoms with Gasteiger partial charge in [-0.05, 0) is 17.7 Å². The Balaban J connectivity index is 2.53. The number of hydrogen-bond donors (Lipinski definition) is 1. The highest BCUT2D eigenvalue weighted by Gasteiger charge is 1.99. The number of methoxy groups -OCH3 is 1. The summed E-state index contributed by atoms with van der Waals surface area (Å²) in [6, 6.07) is 7.97. The van der Waals surface area contributed by atoms with Crippen LogP contribution in [0.3, 0.4) is 0 Å². The lowest BCUT2D eigenvalue weighted by Gasteiger charge is -2.12. The molecule has 4 heteroatoms. The summed E-state index contributed by atoms with van der Waals surface area (Å²) in [4.78, 5) is 12.8. The number of benzene rings is 1. The molecule has 0 aromatic heterocycles. The van der Waals surface area contributed by atoms with E-state index in [4.69, 9.17) is 0 Å². The molecule has 0 spiro atoms. The fourth-order valence-electron chi connectivity index (χ4n) is 1.16. The number of hydrogen-bond acceptors (Lipinski definition) is 3. The standard InChI is InChI=1S/C11H16N2O2/c1-13(2)10-6-4-9(5-7-10)8-12-11(14)15-3/h4-7H,8H2,1-3H3,(H,12,14). The Hall–Kier alpha value is -1.71. The van der Waals surface area contributed by atoms with Crippen molar-refractivity contribution in [3.05, 3.63) is 29.8 Å². The minimum atomic E-state index is -0.410. The van der Waals surface area contributed by atoms with E-state index in [0.29, 0.717) is 6.54 Å². The van der Waals surface area contributed by atoms with Crippen LogP contribution in [0.4, 0.5) is 10.5 Å². The Labute approximate surface area is 89.8 Å². The summed E-state index contributed by atoms with van der Waals surface area (Å²) in [6.45, 7) is 0.486. The van der Waals surface area contributed by atoms with Crippen molar-refractivity contribution in [2.75, 3.05) is 26.1 Å². The third-order valence-electron chi connectivity index (χ3n) is 2.07. The van der Waals surface area contributed by atoms with E-state index >= 15 is 0 Å². The van der Waals surface area contributed by atoms with Crippen molar-refractivity contribution in [1.82, 2.24) is 5.32 Å². The smallest absolute Gasteiger partial charge is 0.407 e. The van der Waals surface area contributed by atoms with Gasteiger partial charge in [-0.3, -0.25) is 0 Å². The van der Waals surface area contributed by atoms with Crippen LogP contribution in [0.5, 0.6) is 0 Å². The lowest BCUT2D eigenvalue weighted by molar-refractivity contribution is 0.170. The first-order valence-electron chi connectivity index (χ1n) is 4.71. The Bertz CT molecular complexity index is 320. The molecule has 0 fully saturated rings. The molecule has 82 valence electrons. The molecule has 1 aromatic rings. The van der Waals surface area contributed by atoms with E-state index in [1.54, 1.807) is 0 Å². The van der Waals surface area contributed by atoms with Crippen molar-refractivity contribution < 1.29 is 9.53 Å². The van der Waals surface area contributed by atoms with Gasteiger partial charge in [0, 0.05) is 26.3 Å². The molecule has 15 heavy (non-hydrogen) atoms. The maximum atomic E-state index is 10.8. The highest BCUT2D eigenvalue weighted by molar-refractivity contribution is 5.66. The molecule has 1 amide bonds. The van der Waals surface area contributed by atoms with Gasteiger partial charge in [0.2, 0.25) is 0 Å². The van der Waals surface area contributed by atoms with E-state index in [-0.39, 0.29) is 0 Å². The lowest BCUT2D eigenvalue weighted by atomic mass is 10.2. The quantitative estimate of drug-likeness (QED) is 0.820. The number of nitrogens with zero attached hydrogens (tertiary/aromatic N) is 1. The first-order valence-corrected chi connectivity index (χ1v) is 4.71. The predicted molar refractivity (Wildman–Crippen MR) is 60.0 cm³/mol. The van der Waals surface area contributed by atoms with E-state index in [2.05, 4.69) is 10.1 Å². The lowest BCUT2D eigenvalue weighted by Crippen LogP contribution is -2.22. The van der Waals surface area contributed by atoms with Crippen LogP contribution in [0.15, 0.2) is 24.3 Å². The predicted octanol–water partition coefficient (Wildman–Crippen LogP) is 1.61. The summed E-state index contributed by atoms with van der Waals surface area (Å²) in [5, 5.41) is 2.62. The number of rotatable bonds is 3. The number of ether oxygens (including phenoxy) is 1. The summed E-state index contributed by atoms with van der Waals surface area (Å²) in [5.41, 5.74) is 2.18. The molecule has 0 saturated heterocycles. The van der Waals surface area contributed by atoms with Gasteiger partial charge in [-0.25, -0.2) is 4.79 Å². The Kier molecular flexibility index (Phi) is 3.97. The average Bonchev–Trinajstić information content (AvgIpc) is 2.26. The number of carbonyl (C=O) groups is 1. The zero-order valence-electron chi connectivity index (χ0n) is 9.28. The normalized spacial score (nSPS) is 9.53. The molecule has 4 nitrogen and oxygen atoms in total. The maximum absolute atomic E-state index is 10.8. The van der Waals surface area contributed by atoms with Crippen molar-refractivity contribution in [2.45, 2.75) is 6.54 Å². The minimum absolute atomic E-state index is 0.410. The molecule has 0 unspecified atom stereocenters. The zero-order chi connectivity index (χ0) is 11.3. The van der Waals surface area contributed by atoms with E-state index in [1.807, 2.05) is 43.3 Å². The van der Waals surface area contributed by atoms with Crippen molar-refractivity contribution in [3.8, 4) is 0 Å². The van der Waals surface area contributed by atoms with Gasteiger partial charge in [-0.1, -0.05) is 12.1 Å². The Morgan fingerprint density at radius 2 is 1.93 bits per heavy atom. The monoisotopic (exact) mass is 208 g/mol. The van der Waals surface area contributed by atoms with Crippen LogP contribution in [0.1, 0.15) is 5.56 Å². The molecule has 0 bridgehead atoms. The highest BCUT2D eigenvalue weighted by Crippen LogP contribution is 2.11. The number of nitrogens with one attached hydrogen (secondary N) is 1. The van der Waals surface area contributed by atoms with Crippen molar-refractivity contribution in [2.24, 2.45) is 0 Å². The zero-order valence-corrected chi connectivity index (χ0v) is 9.28.